The Bertz CT molecular complexity index is 731. The van der Waals surface area contributed by atoms with Crippen molar-refractivity contribution >= 4 is 10.0 Å². The van der Waals surface area contributed by atoms with E-state index in [1.54, 1.807) is 22.2 Å². The summed E-state index contributed by atoms with van der Waals surface area (Å²) in [4.78, 5) is 0.295. The monoisotopic (exact) mass is 349 g/mol. The van der Waals surface area contributed by atoms with Crippen LogP contribution in [-0.2, 0) is 17.1 Å². The van der Waals surface area contributed by atoms with Crippen molar-refractivity contribution in [2.24, 2.45) is 7.05 Å². The Morgan fingerprint density at radius 1 is 1.04 bits per heavy atom. The molecule has 132 valence electrons. The molecular formula is C18H27N3O2S. The van der Waals surface area contributed by atoms with E-state index >= 15 is 0 Å². The number of rotatable bonds is 9. The van der Waals surface area contributed by atoms with Crippen molar-refractivity contribution in [3.63, 3.8) is 0 Å². The first-order valence-corrected chi connectivity index (χ1v) is 10.0. The summed E-state index contributed by atoms with van der Waals surface area (Å²) < 4.78 is 29.6. The maximum Gasteiger partial charge on any atom is 0.246 e. The summed E-state index contributed by atoms with van der Waals surface area (Å²) >= 11 is 0. The Hall–Kier alpha value is -1.66. The van der Waals surface area contributed by atoms with Gasteiger partial charge in [0, 0.05) is 31.9 Å². The van der Waals surface area contributed by atoms with Crippen LogP contribution in [-0.4, -0.2) is 35.6 Å². The van der Waals surface area contributed by atoms with Crippen LogP contribution in [0.1, 0.15) is 39.5 Å². The molecule has 24 heavy (non-hydrogen) atoms. The number of hydrogen-bond acceptors (Lipinski definition) is 3. The Morgan fingerprint density at radius 3 is 2.17 bits per heavy atom. The Labute approximate surface area is 145 Å². The zero-order valence-corrected chi connectivity index (χ0v) is 15.6. The lowest BCUT2D eigenvalue weighted by Crippen LogP contribution is -2.33. The maximum atomic E-state index is 13.2. The molecule has 0 fully saturated rings. The third-order valence-electron chi connectivity index (χ3n) is 3.98. The van der Waals surface area contributed by atoms with Gasteiger partial charge in [-0.15, -0.1) is 0 Å². The molecule has 2 aromatic rings. The summed E-state index contributed by atoms with van der Waals surface area (Å²) in [5.41, 5.74) is 1.35. The van der Waals surface area contributed by atoms with E-state index in [9.17, 15) is 8.42 Å². The topological polar surface area (TPSA) is 55.2 Å². The lowest BCUT2D eigenvalue weighted by atomic mass is 10.2. The highest BCUT2D eigenvalue weighted by Crippen LogP contribution is 2.28. The molecule has 0 aliphatic rings. The number of aryl methyl sites for hydroxylation is 1. The summed E-state index contributed by atoms with van der Waals surface area (Å²) in [6, 6.07) is 9.49. The normalized spacial score (nSPS) is 12.0. The third-order valence-corrected chi connectivity index (χ3v) is 5.88. The van der Waals surface area contributed by atoms with Gasteiger partial charge in [0.2, 0.25) is 10.0 Å². The fraction of sp³-hybridized carbons (Fsp3) is 0.500. The maximum absolute atomic E-state index is 13.2. The van der Waals surface area contributed by atoms with Crippen molar-refractivity contribution < 1.29 is 8.42 Å². The molecule has 1 aromatic carbocycles. The molecule has 6 heteroatoms. The second-order valence-corrected chi connectivity index (χ2v) is 7.90. The quantitative estimate of drug-likeness (QED) is 0.694. The first kappa shape index (κ1) is 18.7. The fourth-order valence-corrected chi connectivity index (χ4v) is 4.32. The van der Waals surface area contributed by atoms with Crippen molar-refractivity contribution in [3.05, 3.63) is 36.5 Å². The SMILES string of the molecule is CCCCN(CCCC)S(=O)(=O)c1cn(C)nc1-c1ccccc1. The molecule has 0 radical (unpaired) electrons. The lowest BCUT2D eigenvalue weighted by Gasteiger charge is -2.21. The zero-order chi connectivity index (χ0) is 17.6. The van der Waals surface area contributed by atoms with Gasteiger partial charge in [-0.2, -0.15) is 9.40 Å². The average molecular weight is 350 g/mol. The minimum atomic E-state index is -3.55. The van der Waals surface area contributed by atoms with Crippen LogP contribution in [0.25, 0.3) is 11.3 Å². The molecule has 0 saturated carbocycles. The number of hydrogen-bond donors (Lipinski definition) is 0. The Morgan fingerprint density at radius 2 is 1.62 bits per heavy atom. The van der Waals surface area contributed by atoms with Gasteiger partial charge >= 0.3 is 0 Å². The number of nitrogens with zero attached hydrogens (tertiary/aromatic N) is 3. The molecule has 0 atom stereocenters. The minimum Gasteiger partial charge on any atom is -0.274 e. The highest BCUT2D eigenvalue weighted by molar-refractivity contribution is 7.89. The molecule has 0 unspecified atom stereocenters. The fourth-order valence-electron chi connectivity index (χ4n) is 2.61. The van der Waals surface area contributed by atoms with Crippen LogP contribution >= 0.6 is 0 Å². The van der Waals surface area contributed by atoms with Crippen LogP contribution < -0.4 is 0 Å². The predicted molar refractivity (Wildman–Crippen MR) is 97.2 cm³/mol. The molecule has 5 nitrogen and oxygen atoms in total. The van der Waals surface area contributed by atoms with Gasteiger partial charge in [0.05, 0.1) is 0 Å². The van der Waals surface area contributed by atoms with Crippen LogP contribution in [0, 0.1) is 0 Å². The van der Waals surface area contributed by atoms with Crippen molar-refractivity contribution in [1.82, 2.24) is 14.1 Å². The van der Waals surface area contributed by atoms with Crippen molar-refractivity contribution in [1.29, 1.82) is 0 Å². The van der Waals surface area contributed by atoms with Crippen molar-refractivity contribution in [2.75, 3.05) is 13.1 Å². The highest BCUT2D eigenvalue weighted by Gasteiger charge is 2.29. The van der Waals surface area contributed by atoms with E-state index in [1.165, 1.54) is 0 Å². The van der Waals surface area contributed by atoms with Crippen LogP contribution in [0.4, 0.5) is 0 Å². The van der Waals surface area contributed by atoms with Gasteiger partial charge in [0.1, 0.15) is 10.6 Å². The van der Waals surface area contributed by atoms with Gasteiger partial charge in [0.25, 0.3) is 0 Å². The summed E-state index contributed by atoms with van der Waals surface area (Å²) in [5.74, 6) is 0. The number of benzene rings is 1. The van der Waals surface area contributed by atoms with Gasteiger partial charge in [-0.25, -0.2) is 8.42 Å². The molecule has 0 spiro atoms. The van der Waals surface area contributed by atoms with Gasteiger partial charge in [-0.1, -0.05) is 57.0 Å². The molecular weight excluding hydrogens is 322 g/mol. The van der Waals surface area contributed by atoms with Gasteiger partial charge < -0.3 is 0 Å². The average Bonchev–Trinajstić information content (AvgIpc) is 2.98. The highest BCUT2D eigenvalue weighted by atomic mass is 32.2. The molecule has 2 rings (SSSR count). The number of aromatic nitrogens is 2. The van der Waals surface area contributed by atoms with E-state index in [0.717, 1.165) is 31.2 Å². The Kier molecular flexibility index (Phi) is 6.57. The first-order chi connectivity index (χ1) is 11.5. The predicted octanol–water partition coefficient (Wildman–Crippen LogP) is 3.68. The molecule has 0 saturated heterocycles. The first-order valence-electron chi connectivity index (χ1n) is 8.60. The van der Waals surface area contributed by atoms with E-state index in [1.807, 2.05) is 30.3 Å². The molecule has 1 heterocycles. The molecule has 0 N–H and O–H groups in total. The van der Waals surface area contributed by atoms with Crippen LogP contribution in [0.15, 0.2) is 41.4 Å². The lowest BCUT2D eigenvalue weighted by molar-refractivity contribution is 0.395. The molecule has 1 aromatic heterocycles. The van der Waals surface area contributed by atoms with E-state index in [2.05, 4.69) is 18.9 Å². The molecule has 0 aliphatic carbocycles. The molecule has 0 amide bonds. The minimum absolute atomic E-state index is 0.295. The second kappa shape index (κ2) is 8.44. The van der Waals surface area contributed by atoms with E-state index in [-0.39, 0.29) is 0 Å². The van der Waals surface area contributed by atoms with Crippen molar-refractivity contribution in [3.8, 4) is 11.3 Å². The van der Waals surface area contributed by atoms with E-state index < -0.39 is 10.0 Å². The van der Waals surface area contributed by atoms with E-state index in [4.69, 9.17) is 0 Å². The number of unbranched alkanes of at least 4 members (excludes halogenated alkanes) is 2. The zero-order valence-electron chi connectivity index (χ0n) is 14.8. The standard InChI is InChI=1S/C18H27N3O2S/c1-4-6-13-21(14-7-5-2)24(22,23)17-15-20(3)19-18(17)16-11-9-8-10-12-16/h8-12,15H,4-7,13-14H2,1-3H3. The van der Waals surface area contributed by atoms with E-state index in [0.29, 0.717) is 23.7 Å². The largest absolute Gasteiger partial charge is 0.274 e. The van der Waals surface area contributed by atoms with Crippen LogP contribution in [0.5, 0.6) is 0 Å². The third kappa shape index (κ3) is 4.24. The smallest absolute Gasteiger partial charge is 0.246 e. The Balaban J connectivity index is 2.43. The second-order valence-electron chi connectivity index (χ2n) is 5.99. The summed E-state index contributed by atoms with van der Waals surface area (Å²) in [5, 5.41) is 4.40. The van der Waals surface area contributed by atoms with Gasteiger partial charge in [-0.05, 0) is 12.8 Å². The van der Waals surface area contributed by atoms with Crippen molar-refractivity contribution in [2.45, 2.75) is 44.4 Å². The van der Waals surface area contributed by atoms with Crippen LogP contribution in [0.3, 0.4) is 0 Å². The summed E-state index contributed by atoms with van der Waals surface area (Å²) in [6.45, 7) is 5.26. The molecule has 0 aliphatic heterocycles. The summed E-state index contributed by atoms with van der Waals surface area (Å²) in [7, 11) is -1.80. The van der Waals surface area contributed by atoms with Gasteiger partial charge in [0.15, 0.2) is 0 Å². The number of sulfonamides is 1. The summed E-state index contributed by atoms with van der Waals surface area (Å²) in [6.07, 6.45) is 5.28. The van der Waals surface area contributed by atoms with Gasteiger partial charge in [-0.3, -0.25) is 4.68 Å². The molecule has 0 bridgehead atoms. The van der Waals surface area contributed by atoms with Crippen LogP contribution in [0.2, 0.25) is 0 Å².